The number of benzene rings is 1. The van der Waals surface area contributed by atoms with E-state index in [0.717, 1.165) is 36.8 Å². The van der Waals surface area contributed by atoms with Crippen molar-refractivity contribution in [1.82, 2.24) is 10.6 Å². The van der Waals surface area contributed by atoms with Gasteiger partial charge in [-0.05, 0) is 35.7 Å². The average Bonchev–Trinajstić information content (AvgIpc) is 3.21. The van der Waals surface area contributed by atoms with Crippen molar-refractivity contribution >= 4 is 29.9 Å². The Morgan fingerprint density at radius 3 is 2.28 bits per heavy atom. The quantitative estimate of drug-likeness (QED) is 0.283. The van der Waals surface area contributed by atoms with E-state index in [0.29, 0.717) is 29.7 Å². The highest BCUT2D eigenvalue weighted by Crippen LogP contribution is 2.38. The third kappa shape index (κ3) is 8.04. The number of halogens is 1. The molecule has 1 aromatic heterocycles. The Morgan fingerprint density at radius 2 is 1.76 bits per heavy atom. The summed E-state index contributed by atoms with van der Waals surface area (Å²) in [6, 6.07) is 7.68. The normalized spacial score (nSPS) is 11.0. The summed E-state index contributed by atoms with van der Waals surface area (Å²) >= 11 is 0. The summed E-state index contributed by atoms with van der Waals surface area (Å²) in [5.41, 5.74) is 0.964. The van der Waals surface area contributed by atoms with E-state index < -0.39 is 0 Å². The summed E-state index contributed by atoms with van der Waals surface area (Å²) in [5, 5.41) is 6.73. The maximum Gasteiger partial charge on any atom is 0.203 e. The van der Waals surface area contributed by atoms with E-state index in [4.69, 9.17) is 23.6 Å². The van der Waals surface area contributed by atoms with Crippen molar-refractivity contribution in [3.8, 4) is 17.2 Å². The van der Waals surface area contributed by atoms with Gasteiger partial charge in [-0.1, -0.05) is 13.8 Å². The molecule has 8 heteroatoms. The molecule has 0 amide bonds. The van der Waals surface area contributed by atoms with Crippen LogP contribution in [0.4, 0.5) is 0 Å². The molecule has 29 heavy (non-hydrogen) atoms. The monoisotopic (exact) mass is 517 g/mol. The van der Waals surface area contributed by atoms with E-state index in [2.05, 4.69) is 24.5 Å². The largest absolute Gasteiger partial charge is 0.493 e. The smallest absolute Gasteiger partial charge is 0.203 e. The Kier molecular flexibility index (Phi) is 11.3. The third-order valence-corrected chi connectivity index (χ3v) is 4.07. The summed E-state index contributed by atoms with van der Waals surface area (Å²) in [5.74, 6) is 4.03. The van der Waals surface area contributed by atoms with Crippen molar-refractivity contribution in [1.29, 1.82) is 0 Å². The van der Waals surface area contributed by atoms with Crippen LogP contribution in [-0.2, 0) is 13.0 Å². The first-order chi connectivity index (χ1) is 13.6. The Hall–Kier alpha value is -2.10. The third-order valence-electron chi connectivity index (χ3n) is 4.07. The van der Waals surface area contributed by atoms with E-state index >= 15 is 0 Å². The fourth-order valence-electron chi connectivity index (χ4n) is 2.63. The van der Waals surface area contributed by atoms with Crippen LogP contribution < -0.4 is 24.8 Å². The lowest BCUT2D eigenvalue weighted by Crippen LogP contribution is -2.40. The van der Waals surface area contributed by atoms with Gasteiger partial charge in [0.25, 0.3) is 0 Å². The standard InChI is InChI=1S/C21H31N3O4.HI/c1-15(2)13-23-21(22-9-8-17-7-6-10-28-17)24-14-16-11-18(25-3)20(27-5)19(12-16)26-4;/h6-7,10-12,15H,8-9,13-14H2,1-5H3,(H2,22,23,24);1H. The zero-order valence-electron chi connectivity index (χ0n) is 17.8. The molecule has 0 saturated heterocycles. The van der Waals surface area contributed by atoms with E-state index in [9.17, 15) is 0 Å². The van der Waals surface area contributed by atoms with E-state index in [1.165, 1.54) is 0 Å². The number of nitrogens with zero attached hydrogens (tertiary/aromatic N) is 1. The molecule has 1 heterocycles. The number of guanidine groups is 1. The van der Waals surface area contributed by atoms with Crippen LogP contribution in [0.15, 0.2) is 39.9 Å². The molecule has 2 aromatic rings. The Bertz CT molecular complexity index is 723. The molecule has 0 fully saturated rings. The van der Waals surface area contributed by atoms with Gasteiger partial charge >= 0.3 is 0 Å². The molecular formula is C21H32IN3O4. The highest BCUT2D eigenvalue weighted by Gasteiger charge is 2.13. The van der Waals surface area contributed by atoms with Gasteiger partial charge in [0.1, 0.15) is 5.76 Å². The minimum atomic E-state index is 0. The zero-order chi connectivity index (χ0) is 20.4. The van der Waals surface area contributed by atoms with Crippen LogP contribution in [0.5, 0.6) is 17.2 Å². The highest BCUT2D eigenvalue weighted by atomic mass is 127. The van der Waals surface area contributed by atoms with Crippen LogP contribution in [0.3, 0.4) is 0 Å². The van der Waals surface area contributed by atoms with Gasteiger partial charge in [0.05, 0.1) is 34.1 Å². The van der Waals surface area contributed by atoms with E-state index in [-0.39, 0.29) is 24.0 Å². The molecule has 0 unspecified atom stereocenters. The molecule has 0 saturated carbocycles. The topological polar surface area (TPSA) is 77.2 Å². The van der Waals surface area contributed by atoms with Crippen LogP contribution in [0.1, 0.15) is 25.2 Å². The van der Waals surface area contributed by atoms with Gasteiger partial charge in [-0.15, -0.1) is 24.0 Å². The fourth-order valence-corrected chi connectivity index (χ4v) is 2.63. The second kappa shape index (κ2) is 13.2. The van der Waals surface area contributed by atoms with E-state index in [1.54, 1.807) is 27.6 Å². The lowest BCUT2D eigenvalue weighted by Gasteiger charge is -2.15. The zero-order valence-corrected chi connectivity index (χ0v) is 20.1. The molecule has 162 valence electrons. The molecule has 0 bridgehead atoms. The van der Waals surface area contributed by atoms with Crippen LogP contribution in [0, 0.1) is 5.92 Å². The predicted octanol–water partition coefficient (Wildman–Crippen LogP) is 3.86. The van der Waals surface area contributed by atoms with Crippen molar-refractivity contribution in [2.24, 2.45) is 10.9 Å². The number of methoxy groups -OCH3 is 3. The first-order valence-corrected chi connectivity index (χ1v) is 9.40. The number of ether oxygens (including phenoxy) is 3. The van der Waals surface area contributed by atoms with Gasteiger partial charge in [-0.2, -0.15) is 0 Å². The molecule has 0 spiro atoms. The summed E-state index contributed by atoms with van der Waals surface area (Å²) in [6.45, 7) is 6.36. The van der Waals surface area contributed by atoms with Crippen LogP contribution in [-0.4, -0.2) is 40.4 Å². The summed E-state index contributed by atoms with van der Waals surface area (Å²) in [4.78, 5) is 4.70. The number of nitrogens with one attached hydrogen (secondary N) is 2. The van der Waals surface area contributed by atoms with Crippen LogP contribution in [0.25, 0.3) is 0 Å². The number of hydrogen-bond acceptors (Lipinski definition) is 5. The molecule has 1 aromatic carbocycles. The summed E-state index contributed by atoms with van der Waals surface area (Å²) in [7, 11) is 4.81. The first kappa shape index (κ1) is 24.9. The SMILES string of the molecule is COc1cc(CN=C(NCCc2ccco2)NCC(C)C)cc(OC)c1OC.I. The lowest BCUT2D eigenvalue weighted by atomic mass is 10.2. The average molecular weight is 517 g/mol. The second-order valence-corrected chi connectivity index (χ2v) is 6.73. The van der Waals surface area contributed by atoms with Gasteiger partial charge < -0.3 is 29.3 Å². The predicted molar refractivity (Wildman–Crippen MR) is 126 cm³/mol. The van der Waals surface area contributed by atoms with Crippen LogP contribution in [0.2, 0.25) is 0 Å². The molecular weight excluding hydrogens is 485 g/mol. The van der Waals surface area contributed by atoms with Crippen molar-refractivity contribution in [3.05, 3.63) is 41.9 Å². The summed E-state index contributed by atoms with van der Waals surface area (Å²) in [6.07, 6.45) is 2.48. The molecule has 0 aliphatic carbocycles. The van der Waals surface area contributed by atoms with Crippen molar-refractivity contribution < 1.29 is 18.6 Å². The van der Waals surface area contributed by atoms with Gasteiger partial charge in [0.15, 0.2) is 17.5 Å². The number of hydrogen-bond donors (Lipinski definition) is 2. The van der Waals surface area contributed by atoms with Gasteiger partial charge in [0, 0.05) is 19.5 Å². The maximum atomic E-state index is 5.42. The summed E-state index contributed by atoms with van der Waals surface area (Å²) < 4.78 is 21.6. The molecule has 2 rings (SSSR count). The minimum Gasteiger partial charge on any atom is -0.493 e. The highest BCUT2D eigenvalue weighted by molar-refractivity contribution is 14.0. The Morgan fingerprint density at radius 1 is 1.07 bits per heavy atom. The van der Waals surface area contributed by atoms with Crippen molar-refractivity contribution in [3.63, 3.8) is 0 Å². The Labute approximate surface area is 190 Å². The second-order valence-electron chi connectivity index (χ2n) is 6.73. The fraction of sp³-hybridized carbons (Fsp3) is 0.476. The first-order valence-electron chi connectivity index (χ1n) is 9.40. The number of rotatable bonds is 10. The lowest BCUT2D eigenvalue weighted by molar-refractivity contribution is 0.324. The minimum absolute atomic E-state index is 0. The van der Waals surface area contributed by atoms with Crippen LogP contribution >= 0.6 is 24.0 Å². The molecule has 2 N–H and O–H groups in total. The molecule has 0 aliphatic heterocycles. The molecule has 0 aliphatic rings. The van der Waals surface area contributed by atoms with Gasteiger partial charge in [-0.3, -0.25) is 0 Å². The Balaban J connectivity index is 0.00000420. The van der Waals surface area contributed by atoms with Gasteiger partial charge in [0.2, 0.25) is 5.75 Å². The maximum absolute atomic E-state index is 5.42. The number of aliphatic imine (C=N–C) groups is 1. The van der Waals surface area contributed by atoms with E-state index in [1.807, 2.05) is 24.3 Å². The molecule has 0 atom stereocenters. The van der Waals surface area contributed by atoms with Crippen molar-refractivity contribution in [2.45, 2.75) is 26.8 Å². The van der Waals surface area contributed by atoms with Crippen molar-refractivity contribution in [2.75, 3.05) is 34.4 Å². The number of furan rings is 1. The molecule has 7 nitrogen and oxygen atoms in total. The molecule has 0 radical (unpaired) electrons. The van der Waals surface area contributed by atoms with Gasteiger partial charge in [-0.25, -0.2) is 4.99 Å².